The zero-order chi connectivity index (χ0) is 8.39. The number of hydrogen-bond donors (Lipinski definition) is 0. The summed E-state index contributed by atoms with van der Waals surface area (Å²) in [6, 6.07) is 0. The van der Waals surface area contributed by atoms with Crippen LogP contribution >= 0.6 is 0 Å². The van der Waals surface area contributed by atoms with E-state index in [0.29, 0.717) is 5.88 Å². The van der Waals surface area contributed by atoms with Crippen LogP contribution in [0.2, 0.25) is 0 Å². The van der Waals surface area contributed by atoms with E-state index in [1.807, 2.05) is 6.92 Å². The van der Waals surface area contributed by atoms with Gasteiger partial charge in [-0.1, -0.05) is 0 Å². The normalized spacial score (nSPS) is 16.1. The molecule has 3 nitrogen and oxygen atoms in total. The first-order valence-corrected chi connectivity index (χ1v) is 4.26. The van der Waals surface area contributed by atoms with Crippen LogP contribution in [-0.4, -0.2) is 16.6 Å². The summed E-state index contributed by atoms with van der Waals surface area (Å²) in [6.07, 6.45) is 6.01. The monoisotopic (exact) mass is 164 g/mol. The Labute approximate surface area is 71.8 Å². The van der Waals surface area contributed by atoms with E-state index < -0.39 is 0 Å². The van der Waals surface area contributed by atoms with Crippen LogP contribution in [0.1, 0.15) is 18.5 Å². The van der Waals surface area contributed by atoms with Crippen molar-refractivity contribution >= 4 is 0 Å². The summed E-state index contributed by atoms with van der Waals surface area (Å²) in [5, 5.41) is 0. The average molecular weight is 164 g/mol. The van der Waals surface area contributed by atoms with E-state index in [2.05, 4.69) is 9.97 Å². The number of aryl methyl sites for hydroxylation is 1. The third-order valence-electron chi connectivity index (χ3n) is 1.92. The van der Waals surface area contributed by atoms with Crippen LogP contribution in [0.25, 0.3) is 0 Å². The first kappa shape index (κ1) is 7.53. The minimum Gasteiger partial charge on any atom is -0.476 e. The van der Waals surface area contributed by atoms with E-state index in [9.17, 15) is 0 Å². The fraction of sp³-hybridized carbons (Fsp3) is 0.556. The lowest BCUT2D eigenvalue weighted by Gasteiger charge is -2.02. The third-order valence-corrected chi connectivity index (χ3v) is 1.92. The van der Waals surface area contributed by atoms with Gasteiger partial charge in [-0.05, 0) is 25.7 Å². The predicted molar refractivity (Wildman–Crippen MR) is 45.0 cm³/mol. The van der Waals surface area contributed by atoms with Crippen molar-refractivity contribution in [3.63, 3.8) is 0 Å². The molecule has 64 valence electrons. The number of ether oxygens (including phenoxy) is 1. The summed E-state index contributed by atoms with van der Waals surface area (Å²) < 4.78 is 5.41. The molecule has 1 fully saturated rings. The van der Waals surface area contributed by atoms with Crippen molar-refractivity contribution in [2.75, 3.05) is 6.61 Å². The van der Waals surface area contributed by atoms with Gasteiger partial charge >= 0.3 is 0 Å². The molecule has 0 saturated heterocycles. The van der Waals surface area contributed by atoms with Gasteiger partial charge in [0.15, 0.2) is 0 Å². The van der Waals surface area contributed by atoms with Crippen molar-refractivity contribution in [2.24, 2.45) is 5.92 Å². The second-order valence-corrected chi connectivity index (χ2v) is 3.25. The molecule has 0 bridgehead atoms. The predicted octanol–water partition coefficient (Wildman–Crippen LogP) is 1.57. The van der Waals surface area contributed by atoms with E-state index in [1.165, 1.54) is 12.8 Å². The van der Waals surface area contributed by atoms with Gasteiger partial charge in [-0.15, -0.1) is 0 Å². The smallest absolute Gasteiger partial charge is 0.232 e. The minimum atomic E-state index is 0.646. The lowest BCUT2D eigenvalue weighted by atomic mass is 10.5. The van der Waals surface area contributed by atoms with Crippen molar-refractivity contribution in [1.29, 1.82) is 0 Å². The zero-order valence-electron chi connectivity index (χ0n) is 7.16. The van der Waals surface area contributed by atoms with Crippen LogP contribution in [0.15, 0.2) is 12.4 Å². The third kappa shape index (κ3) is 1.94. The van der Waals surface area contributed by atoms with Gasteiger partial charge < -0.3 is 4.74 Å². The maximum Gasteiger partial charge on any atom is 0.232 e. The Morgan fingerprint density at radius 1 is 1.42 bits per heavy atom. The number of rotatable bonds is 3. The molecule has 0 radical (unpaired) electrons. The Balaban J connectivity index is 1.89. The standard InChI is InChI=1S/C9H12N2O/c1-7-4-11-9(5-10-7)12-6-8-2-3-8/h4-5,8H,2-3,6H2,1H3. The van der Waals surface area contributed by atoms with Gasteiger partial charge in [-0.25, -0.2) is 4.98 Å². The van der Waals surface area contributed by atoms with Gasteiger partial charge in [0.2, 0.25) is 5.88 Å². The molecule has 0 unspecified atom stereocenters. The van der Waals surface area contributed by atoms with Crippen molar-refractivity contribution in [3.8, 4) is 5.88 Å². The van der Waals surface area contributed by atoms with Crippen LogP contribution in [0.5, 0.6) is 5.88 Å². The highest BCUT2D eigenvalue weighted by atomic mass is 16.5. The Morgan fingerprint density at radius 2 is 2.25 bits per heavy atom. The topological polar surface area (TPSA) is 35.0 Å². The van der Waals surface area contributed by atoms with E-state index in [4.69, 9.17) is 4.74 Å². The van der Waals surface area contributed by atoms with Gasteiger partial charge in [-0.3, -0.25) is 4.98 Å². The first-order valence-electron chi connectivity index (χ1n) is 4.26. The van der Waals surface area contributed by atoms with Gasteiger partial charge in [0.25, 0.3) is 0 Å². The fourth-order valence-electron chi connectivity index (χ4n) is 0.943. The fourth-order valence-corrected chi connectivity index (χ4v) is 0.943. The van der Waals surface area contributed by atoms with Crippen molar-refractivity contribution in [1.82, 2.24) is 9.97 Å². The molecular weight excluding hydrogens is 152 g/mol. The molecular formula is C9H12N2O. The molecule has 0 N–H and O–H groups in total. The Morgan fingerprint density at radius 3 is 2.83 bits per heavy atom. The highest BCUT2D eigenvalue weighted by Crippen LogP contribution is 2.28. The Kier molecular flexibility index (Phi) is 1.94. The lowest BCUT2D eigenvalue weighted by Crippen LogP contribution is -2.01. The number of nitrogens with zero attached hydrogens (tertiary/aromatic N) is 2. The summed E-state index contributed by atoms with van der Waals surface area (Å²) in [4.78, 5) is 8.18. The second kappa shape index (κ2) is 3.09. The molecule has 0 spiro atoms. The molecule has 1 aliphatic rings. The largest absolute Gasteiger partial charge is 0.476 e. The zero-order valence-corrected chi connectivity index (χ0v) is 7.16. The van der Waals surface area contributed by atoms with Crippen LogP contribution in [0.4, 0.5) is 0 Å². The molecule has 12 heavy (non-hydrogen) atoms. The van der Waals surface area contributed by atoms with Crippen LogP contribution in [0.3, 0.4) is 0 Å². The van der Waals surface area contributed by atoms with E-state index in [-0.39, 0.29) is 0 Å². The Hall–Kier alpha value is -1.12. The first-order chi connectivity index (χ1) is 5.84. The SMILES string of the molecule is Cc1cnc(OCC2CC2)cn1. The van der Waals surface area contributed by atoms with Gasteiger partial charge in [-0.2, -0.15) is 0 Å². The highest BCUT2D eigenvalue weighted by molar-refractivity contribution is 5.05. The molecule has 3 heteroatoms. The van der Waals surface area contributed by atoms with Gasteiger partial charge in [0, 0.05) is 0 Å². The molecule has 1 saturated carbocycles. The van der Waals surface area contributed by atoms with Crippen LogP contribution in [0, 0.1) is 12.8 Å². The quantitative estimate of drug-likeness (QED) is 0.680. The molecule has 0 atom stereocenters. The summed E-state index contributed by atoms with van der Waals surface area (Å²) in [5.74, 6) is 1.42. The number of hydrogen-bond acceptors (Lipinski definition) is 3. The second-order valence-electron chi connectivity index (χ2n) is 3.25. The van der Waals surface area contributed by atoms with Crippen molar-refractivity contribution < 1.29 is 4.74 Å². The maximum absolute atomic E-state index is 5.41. The van der Waals surface area contributed by atoms with Crippen LogP contribution < -0.4 is 4.74 Å². The molecule has 0 amide bonds. The molecule has 2 rings (SSSR count). The lowest BCUT2D eigenvalue weighted by molar-refractivity contribution is 0.287. The van der Waals surface area contributed by atoms with Crippen LogP contribution in [-0.2, 0) is 0 Å². The van der Waals surface area contributed by atoms with Gasteiger partial charge in [0.05, 0.1) is 24.7 Å². The maximum atomic E-state index is 5.41. The van der Waals surface area contributed by atoms with E-state index in [0.717, 1.165) is 18.2 Å². The highest BCUT2D eigenvalue weighted by Gasteiger charge is 2.21. The van der Waals surface area contributed by atoms with Crippen molar-refractivity contribution in [2.45, 2.75) is 19.8 Å². The minimum absolute atomic E-state index is 0.646. The summed E-state index contributed by atoms with van der Waals surface area (Å²) in [5.41, 5.74) is 0.925. The van der Waals surface area contributed by atoms with E-state index in [1.54, 1.807) is 12.4 Å². The van der Waals surface area contributed by atoms with Crippen molar-refractivity contribution in [3.05, 3.63) is 18.1 Å². The summed E-state index contributed by atoms with van der Waals surface area (Å²) >= 11 is 0. The molecule has 0 aromatic carbocycles. The molecule has 1 aromatic rings. The molecule has 1 heterocycles. The molecule has 0 aliphatic heterocycles. The summed E-state index contributed by atoms with van der Waals surface area (Å²) in [7, 11) is 0. The average Bonchev–Trinajstić information content (AvgIpc) is 2.87. The molecule has 1 aromatic heterocycles. The Bertz CT molecular complexity index is 254. The van der Waals surface area contributed by atoms with Gasteiger partial charge in [0.1, 0.15) is 0 Å². The van der Waals surface area contributed by atoms with E-state index >= 15 is 0 Å². The molecule has 1 aliphatic carbocycles. The summed E-state index contributed by atoms with van der Waals surface area (Å²) in [6.45, 7) is 2.72. The number of aromatic nitrogens is 2.